The van der Waals surface area contributed by atoms with E-state index in [-0.39, 0.29) is 5.91 Å². The summed E-state index contributed by atoms with van der Waals surface area (Å²) in [5.41, 5.74) is 3.76. The molecule has 1 aliphatic heterocycles. The molecule has 1 fully saturated rings. The summed E-state index contributed by atoms with van der Waals surface area (Å²) in [6.45, 7) is 5.73. The van der Waals surface area contributed by atoms with Crippen LogP contribution in [0.4, 0.5) is 0 Å². The normalized spacial score (nSPS) is 17.2. The summed E-state index contributed by atoms with van der Waals surface area (Å²) in [5, 5.41) is 11.1. The number of piperidine rings is 1. The number of ether oxygens (including phenoxy) is 1. The minimum Gasteiger partial charge on any atom is -0.492 e. The molecule has 1 aliphatic rings. The summed E-state index contributed by atoms with van der Waals surface area (Å²) in [5.74, 6) is 1.51. The third-order valence-electron chi connectivity index (χ3n) is 5.68. The van der Waals surface area contributed by atoms with E-state index in [0.29, 0.717) is 19.1 Å². The number of rotatable bonds is 8. The van der Waals surface area contributed by atoms with Crippen LogP contribution in [0.1, 0.15) is 30.9 Å². The predicted molar refractivity (Wildman–Crippen MR) is 118 cm³/mol. The van der Waals surface area contributed by atoms with Crippen LogP contribution in [-0.4, -0.2) is 47.2 Å². The van der Waals surface area contributed by atoms with Crippen LogP contribution in [0.2, 0.25) is 0 Å². The van der Waals surface area contributed by atoms with E-state index < -0.39 is 0 Å². The second-order valence-corrected chi connectivity index (χ2v) is 8.22. The van der Waals surface area contributed by atoms with Gasteiger partial charge in [0.15, 0.2) is 0 Å². The van der Waals surface area contributed by atoms with E-state index in [9.17, 15) is 4.79 Å². The van der Waals surface area contributed by atoms with Crippen LogP contribution < -0.4 is 10.1 Å². The zero-order valence-electron chi connectivity index (χ0n) is 17.6. The van der Waals surface area contributed by atoms with E-state index in [4.69, 9.17) is 4.74 Å². The van der Waals surface area contributed by atoms with Crippen LogP contribution in [0.5, 0.6) is 5.75 Å². The van der Waals surface area contributed by atoms with Crippen molar-refractivity contribution in [3.63, 3.8) is 0 Å². The maximum absolute atomic E-state index is 10.9. The van der Waals surface area contributed by atoms with Gasteiger partial charge in [-0.1, -0.05) is 18.2 Å². The molecule has 3 aromatic rings. The first kappa shape index (κ1) is 20.4. The SMILES string of the molecule is CC(=O)NCCOc1cccc(CN2CCC[C@@H](Cc3ccc4[nH]ncc4c3)C2)c1. The zero-order valence-corrected chi connectivity index (χ0v) is 17.6. The van der Waals surface area contributed by atoms with E-state index in [2.05, 4.69) is 50.7 Å². The lowest BCUT2D eigenvalue weighted by Crippen LogP contribution is -2.35. The average Bonchev–Trinajstić information content (AvgIpc) is 3.20. The molecule has 1 amide bonds. The van der Waals surface area contributed by atoms with Crippen LogP contribution in [0.3, 0.4) is 0 Å². The van der Waals surface area contributed by atoms with Gasteiger partial charge >= 0.3 is 0 Å². The second kappa shape index (κ2) is 9.76. The van der Waals surface area contributed by atoms with E-state index in [0.717, 1.165) is 37.3 Å². The Morgan fingerprint density at radius 3 is 3.10 bits per heavy atom. The van der Waals surface area contributed by atoms with Crippen molar-refractivity contribution in [3.05, 3.63) is 59.8 Å². The lowest BCUT2D eigenvalue weighted by Gasteiger charge is -2.33. The Morgan fingerprint density at radius 2 is 2.20 bits per heavy atom. The molecular formula is C24H30N4O2. The monoisotopic (exact) mass is 406 g/mol. The van der Waals surface area contributed by atoms with Crippen molar-refractivity contribution in [1.29, 1.82) is 0 Å². The van der Waals surface area contributed by atoms with Crippen LogP contribution in [0, 0.1) is 5.92 Å². The van der Waals surface area contributed by atoms with Gasteiger partial charge < -0.3 is 10.1 Å². The first-order chi connectivity index (χ1) is 14.7. The predicted octanol–water partition coefficient (Wildman–Crippen LogP) is 3.53. The molecule has 0 bridgehead atoms. The number of likely N-dealkylation sites (tertiary alicyclic amines) is 1. The minimum atomic E-state index is -0.0308. The number of carbonyl (C=O) groups excluding carboxylic acids is 1. The van der Waals surface area contributed by atoms with Gasteiger partial charge in [0.05, 0.1) is 18.3 Å². The number of fused-ring (bicyclic) bond motifs is 1. The Kier molecular flexibility index (Phi) is 6.64. The van der Waals surface area contributed by atoms with E-state index >= 15 is 0 Å². The Bertz CT molecular complexity index is 984. The molecule has 4 rings (SSSR count). The van der Waals surface area contributed by atoms with Gasteiger partial charge in [0.1, 0.15) is 12.4 Å². The lowest BCUT2D eigenvalue weighted by molar-refractivity contribution is -0.119. The number of hydrogen-bond acceptors (Lipinski definition) is 4. The molecule has 2 N–H and O–H groups in total. The van der Waals surface area contributed by atoms with E-state index in [1.54, 1.807) is 0 Å². The topological polar surface area (TPSA) is 70.2 Å². The number of amides is 1. The Hall–Kier alpha value is -2.86. The highest BCUT2D eigenvalue weighted by molar-refractivity contribution is 5.78. The van der Waals surface area contributed by atoms with Crippen molar-refractivity contribution in [2.75, 3.05) is 26.2 Å². The fourth-order valence-corrected chi connectivity index (χ4v) is 4.30. The summed E-state index contributed by atoms with van der Waals surface area (Å²) in [4.78, 5) is 13.5. The summed E-state index contributed by atoms with van der Waals surface area (Å²) >= 11 is 0. The van der Waals surface area contributed by atoms with Crippen LogP contribution in [-0.2, 0) is 17.8 Å². The van der Waals surface area contributed by atoms with Gasteiger partial charge in [-0.3, -0.25) is 14.8 Å². The third kappa shape index (κ3) is 5.60. The number of H-pyrrole nitrogens is 1. The van der Waals surface area contributed by atoms with Crippen molar-refractivity contribution in [1.82, 2.24) is 20.4 Å². The Balaban J connectivity index is 1.30. The molecule has 2 heterocycles. The summed E-state index contributed by atoms with van der Waals surface area (Å²) in [6.07, 6.45) is 5.54. The number of carbonyl (C=O) groups is 1. The number of benzene rings is 2. The largest absolute Gasteiger partial charge is 0.492 e. The molecule has 30 heavy (non-hydrogen) atoms. The second-order valence-electron chi connectivity index (χ2n) is 8.22. The number of nitrogens with one attached hydrogen (secondary N) is 2. The molecule has 1 atom stereocenters. The van der Waals surface area contributed by atoms with Gasteiger partial charge in [-0.15, -0.1) is 0 Å². The summed E-state index contributed by atoms with van der Waals surface area (Å²) < 4.78 is 5.77. The number of hydrogen-bond donors (Lipinski definition) is 2. The molecular weight excluding hydrogens is 376 g/mol. The molecule has 0 radical (unpaired) electrons. The van der Waals surface area contributed by atoms with Crippen molar-refractivity contribution in [2.45, 2.75) is 32.7 Å². The highest BCUT2D eigenvalue weighted by Crippen LogP contribution is 2.24. The molecule has 6 heteroatoms. The molecule has 6 nitrogen and oxygen atoms in total. The molecule has 2 aromatic carbocycles. The van der Waals surface area contributed by atoms with Crippen molar-refractivity contribution in [3.8, 4) is 5.75 Å². The quantitative estimate of drug-likeness (QED) is 0.562. The fourth-order valence-electron chi connectivity index (χ4n) is 4.30. The maximum atomic E-state index is 10.9. The first-order valence-electron chi connectivity index (χ1n) is 10.8. The number of aromatic amines is 1. The van der Waals surface area contributed by atoms with E-state index in [1.807, 2.05) is 18.3 Å². The van der Waals surface area contributed by atoms with Gasteiger partial charge in [0, 0.05) is 25.4 Å². The van der Waals surface area contributed by atoms with Crippen LogP contribution in [0.25, 0.3) is 10.9 Å². The lowest BCUT2D eigenvalue weighted by atomic mass is 9.90. The van der Waals surface area contributed by atoms with Crippen molar-refractivity contribution < 1.29 is 9.53 Å². The van der Waals surface area contributed by atoms with Crippen molar-refractivity contribution in [2.24, 2.45) is 5.92 Å². The van der Waals surface area contributed by atoms with E-state index in [1.165, 1.54) is 36.3 Å². The molecule has 0 aliphatic carbocycles. The van der Waals surface area contributed by atoms with Gasteiger partial charge in [0.2, 0.25) is 5.91 Å². The first-order valence-corrected chi connectivity index (χ1v) is 10.8. The molecule has 0 saturated carbocycles. The highest BCUT2D eigenvalue weighted by Gasteiger charge is 2.20. The smallest absolute Gasteiger partial charge is 0.216 e. The molecule has 0 unspecified atom stereocenters. The van der Waals surface area contributed by atoms with Gasteiger partial charge in [-0.05, 0) is 67.1 Å². The Morgan fingerprint density at radius 1 is 1.27 bits per heavy atom. The van der Waals surface area contributed by atoms with Gasteiger partial charge in [-0.2, -0.15) is 5.10 Å². The highest BCUT2D eigenvalue weighted by atomic mass is 16.5. The van der Waals surface area contributed by atoms with Gasteiger partial charge in [-0.25, -0.2) is 0 Å². The fraction of sp³-hybridized carbons (Fsp3) is 0.417. The van der Waals surface area contributed by atoms with Crippen molar-refractivity contribution >= 4 is 16.8 Å². The summed E-state index contributed by atoms with van der Waals surface area (Å²) in [7, 11) is 0. The summed E-state index contributed by atoms with van der Waals surface area (Å²) in [6, 6.07) is 14.9. The molecule has 1 saturated heterocycles. The average molecular weight is 407 g/mol. The molecule has 0 spiro atoms. The molecule has 1 aromatic heterocycles. The minimum absolute atomic E-state index is 0.0308. The maximum Gasteiger partial charge on any atom is 0.216 e. The third-order valence-corrected chi connectivity index (χ3v) is 5.68. The van der Waals surface area contributed by atoms with Crippen LogP contribution in [0.15, 0.2) is 48.7 Å². The standard InChI is InChI=1S/C24H30N4O2/c1-18(29)25-9-11-30-23-6-2-4-21(14-23)17-28-10-3-5-20(16-28)12-19-7-8-24-22(13-19)15-26-27-24/h2,4,6-8,13-15,20H,3,5,9-12,16-17H2,1H3,(H,25,29)(H,26,27)/t20-/m0/s1. The molecule has 158 valence electrons. The van der Waals surface area contributed by atoms with Crippen LogP contribution >= 0.6 is 0 Å². The number of aromatic nitrogens is 2. The Labute approximate surface area is 177 Å². The number of nitrogens with zero attached hydrogens (tertiary/aromatic N) is 2. The zero-order chi connectivity index (χ0) is 20.8. The van der Waals surface area contributed by atoms with Gasteiger partial charge in [0.25, 0.3) is 0 Å².